The summed E-state index contributed by atoms with van der Waals surface area (Å²) in [4.78, 5) is 0. The molecule has 0 aromatic carbocycles. The van der Waals surface area contributed by atoms with Crippen LogP contribution >= 0.6 is 11.3 Å². The molecule has 1 aliphatic heterocycles. The summed E-state index contributed by atoms with van der Waals surface area (Å²) in [5.41, 5.74) is 0.297. The summed E-state index contributed by atoms with van der Waals surface area (Å²) in [5, 5.41) is 4.44. The quantitative estimate of drug-likeness (QED) is 0.424. The van der Waals surface area contributed by atoms with Crippen LogP contribution in [0.5, 0.6) is 0 Å². The van der Waals surface area contributed by atoms with Crippen LogP contribution in [0.2, 0.25) is 0 Å². The molecule has 156 valence electrons. The molecule has 9 nitrogen and oxygen atoms in total. The molecule has 0 saturated carbocycles. The molecule has 3 atom stereocenters. The van der Waals surface area contributed by atoms with Crippen molar-refractivity contribution >= 4 is 31.2 Å². The van der Waals surface area contributed by atoms with E-state index < -0.39 is 37.5 Å². The van der Waals surface area contributed by atoms with Crippen molar-refractivity contribution in [2.24, 2.45) is 5.14 Å². The van der Waals surface area contributed by atoms with E-state index in [2.05, 4.69) is 0 Å². The van der Waals surface area contributed by atoms with Crippen molar-refractivity contribution in [2.45, 2.75) is 52.8 Å². The molecule has 0 fully saturated rings. The molecule has 2 heterocycles. The molecule has 0 radical (unpaired) electrons. The standard InChI is InChI=1S/C15H25NO8S3/c1-4-22-6-5-11-7-13(24-9-23-10(2)21-3)12-8-14(27(16,19)20)25-15(12)26(11,17)18/h8,10-11,13H,4-7,9H2,1-3H3,(H2,16,19,20). The molecule has 0 saturated heterocycles. The highest BCUT2D eigenvalue weighted by atomic mass is 32.3. The van der Waals surface area contributed by atoms with Gasteiger partial charge in [-0.05, 0) is 32.8 Å². The molecule has 27 heavy (non-hydrogen) atoms. The highest BCUT2D eigenvalue weighted by molar-refractivity contribution is 7.95. The maximum atomic E-state index is 12.9. The maximum absolute atomic E-state index is 12.9. The second-order valence-electron chi connectivity index (χ2n) is 5.98. The summed E-state index contributed by atoms with van der Waals surface area (Å²) >= 11 is 0.653. The molecular formula is C15H25NO8S3. The normalized spacial score (nSPS) is 23.1. The summed E-state index contributed by atoms with van der Waals surface area (Å²) < 4.78 is 70.3. The minimum atomic E-state index is -4.02. The molecule has 1 aromatic heterocycles. The minimum Gasteiger partial charge on any atom is -0.382 e. The Hall–Kier alpha value is -0.600. The van der Waals surface area contributed by atoms with Gasteiger partial charge in [0.05, 0.1) is 11.4 Å². The summed E-state index contributed by atoms with van der Waals surface area (Å²) in [5.74, 6) is 0. The highest BCUT2D eigenvalue weighted by Gasteiger charge is 2.42. The Morgan fingerprint density at radius 1 is 1.41 bits per heavy atom. The summed E-state index contributed by atoms with van der Waals surface area (Å²) in [6, 6.07) is 1.27. The third-order valence-corrected chi connectivity index (χ3v) is 9.57. The SMILES string of the molecule is CCOCCC1CC(OCOC(C)OC)c2cc(S(N)(=O)=O)sc2S1(=O)=O. The van der Waals surface area contributed by atoms with Crippen LogP contribution in [0.1, 0.15) is 38.4 Å². The van der Waals surface area contributed by atoms with Crippen LogP contribution in [0.15, 0.2) is 14.5 Å². The van der Waals surface area contributed by atoms with Crippen molar-refractivity contribution in [1.29, 1.82) is 0 Å². The fourth-order valence-electron chi connectivity index (χ4n) is 2.67. The van der Waals surface area contributed by atoms with E-state index in [-0.39, 0.29) is 34.7 Å². The summed E-state index contributed by atoms with van der Waals surface area (Å²) in [7, 11) is -6.25. The van der Waals surface area contributed by atoms with Crippen LogP contribution in [0.25, 0.3) is 0 Å². The van der Waals surface area contributed by atoms with Gasteiger partial charge in [0.15, 0.2) is 22.9 Å². The van der Waals surface area contributed by atoms with E-state index in [0.717, 1.165) is 0 Å². The molecule has 1 aromatic rings. The Morgan fingerprint density at radius 3 is 2.70 bits per heavy atom. The first kappa shape index (κ1) is 22.7. The van der Waals surface area contributed by atoms with Crippen LogP contribution in [0.3, 0.4) is 0 Å². The fraction of sp³-hybridized carbons (Fsp3) is 0.733. The first-order valence-corrected chi connectivity index (χ1v) is 12.3. The van der Waals surface area contributed by atoms with Crippen molar-refractivity contribution in [1.82, 2.24) is 0 Å². The van der Waals surface area contributed by atoms with E-state index in [1.807, 2.05) is 6.92 Å². The van der Waals surface area contributed by atoms with Gasteiger partial charge in [-0.25, -0.2) is 22.0 Å². The number of fused-ring (bicyclic) bond motifs is 1. The molecular weight excluding hydrogens is 418 g/mol. The lowest BCUT2D eigenvalue weighted by molar-refractivity contribution is -0.190. The van der Waals surface area contributed by atoms with E-state index in [0.29, 0.717) is 23.5 Å². The lowest BCUT2D eigenvalue weighted by atomic mass is 10.1. The van der Waals surface area contributed by atoms with Gasteiger partial charge in [-0.15, -0.1) is 11.3 Å². The van der Waals surface area contributed by atoms with E-state index in [1.54, 1.807) is 6.92 Å². The summed E-state index contributed by atoms with van der Waals surface area (Å²) in [6.45, 7) is 4.15. The Balaban J connectivity index is 2.32. The van der Waals surface area contributed by atoms with Gasteiger partial charge in [0, 0.05) is 25.9 Å². The monoisotopic (exact) mass is 443 g/mol. The smallest absolute Gasteiger partial charge is 0.247 e. The largest absolute Gasteiger partial charge is 0.382 e. The molecule has 3 unspecified atom stereocenters. The molecule has 2 N–H and O–H groups in total. The minimum absolute atomic E-state index is 0.0240. The van der Waals surface area contributed by atoms with Crippen LogP contribution in [0.4, 0.5) is 0 Å². The fourth-order valence-corrected chi connectivity index (χ4v) is 7.31. The van der Waals surface area contributed by atoms with Gasteiger partial charge in [0.25, 0.3) is 0 Å². The highest BCUT2D eigenvalue weighted by Crippen LogP contribution is 2.45. The van der Waals surface area contributed by atoms with E-state index in [1.165, 1.54) is 13.2 Å². The van der Waals surface area contributed by atoms with E-state index in [9.17, 15) is 16.8 Å². The van der Waals surface area contributed by atoms with Crippen molar-refractivity contribution < 1.29 is 35.8 Å². The zero-order valence-electron chi connectivity index (χ0n) is 15.4. The third-order valence-electron chi connectivity index (χ3n) is 4.20. The number of sulfonamides is 1. The molecule has 0 amide bonds. The number of hydrogen-bond acceptors (Lipinski definition) is 9. The van der Waals surface area contributed by atoms with Gasteiger partial charge in [-0.1, -0.05) is 0 Å². The van der Waals surface area contributed by atoms with Crippen molar-refractivity contribution in [2.75, 3.05) is 27.1 Å². The second kappa shape index (κ2) is 9.27. The van der Waals surface area contributed by atoms with Crippen molar-refractivity contribution in [3.05, 3.63) is 11.6 Å². The van der Waals surface area contributed by atoms with Gasteiger partial charge < -0.3 is 18.9 Å². The zero-order chi connectivity index (χ0) is 20.2. The first-order valence-electron chi connectivity index (χ1n) is 8.35. The van der Waals surface area contributed by atoms with E-state index in [4.69, 9.17) is 24.1 Å². The second-order valence-corrected chi connectivity index (χ2v) is 11.2. The Kier molecular flexibility index (Phi) is 7.78. The predicted molar refractivity (Wildman–Crippen MR) is 98.6 cm³/mol. The van der Waals surface area contributed by atoms with Gasteiger partial charge in [-0.2, -0.15) is 0 Å². The van der Waals surface area contributed by atoms with E-state index >= 15 is 0 Å². The van der Waals surface area contributed by atoms with Gasteiger partial charge in [0.1, 0.15) is 8.42 Å². The molecule has 1 aliphatic rings. The summed E-state index contributed by atoms with van der Waals surface area (Å²) in [6.07, 6.45) is -0.666. The lowest BCUT2D eigenvalue weighted by Crippen LogP contribution is -2.31. The number of ether oxygens (including phenoxy) is 4. The predicted octanol–water partition coefficient (Wildman–Crippen LogP) is 1.39. The number of sulfone groups is 1. The molecule has 0 bridgehead atoms. The molecule has 12 heteroatoms. The van der Waals surface area contributed by atoms with Gasteiger partial charge in [0.2, 0.25) is 10.0 Å². The van der Waals surface area contributed by atoms with Gasteiger partial charge in [-0.3, -0.25) is 0 Å². The molecule has 0 aliphatic carbocycles. The topological polar surface area (TPSA) is 131 Å². The Bertz CT molecular complexity index is 833. The lowest BCUT2D eigenvalue weighted by Gasteiger charge is -2.29. The number of hydrogen-bond donors (Lipinski definition) is 1. The number of primary sulfonamides is 1. The van der Waals surface area contributed by atoms with Gasteiger partial charge >= 0.3 is 0 Å². The molecule has 0 spiro atoms. The first-order chi connectivity index (χ1) is 12.6. The van der Waals surface area contributed by atoms with Crippen LogP contribution in [0, 0.1) is 0 Å². The number of nitrogens with two attached hydrogens (primary N) is 1. The number of methoxy groups -OCH3 is 1. The van der Waals surface area contributed by atoms with Crippen LogP contribution in [-0.4, -0.2) is 55.5 Å². The Labute approximate surface area is 163 Å². The zero-order valence-corrected chi connectivity index (χ0v) is 17.9. The van der Waals surface area contributed by atoms with Crippen LogP contribution < -0.4 is 5.14 Å². The average Bonchev–Trinajstić information content (AvgIpc) is 3.05. The number of rotatable bonds is 10. The third kappa shape index (κ3) is 5.48. The van der Waals surface area contributed by atoms with Crippen LogP contribution in [-0.2, 0) is 38.8 Å². The Morgan fingerprint density at radius 2 is 2.11 bits per heavy atom. The molecule has 2 rings (SSSR count). The maximum Gasteiger partial charge on any atom is 0.247 e. The van der Waals surface area contributed by atoms with Crippen molar-refractivity contribution in [3.8, 4) is 0 Å². The average molecular weight is 444 g/mol. The van der Waals surface area contributed by atoms with Crippen molar-refractivity contribution in [3.63, 3.8) is 0 Å². The number of thiophene rings is 1.